The zero-order valence-electron chi connectivity index (χ0n) is 40.7. The van der Waals surface area contributed by atoms with Crippen molar-refractivity contribution in [1.82, 2.24) is 15.1 Å². The highest BCUT2D eigenvalue weighted by Gasteiger charge is 2.33. The Bertz CT molecular complexity index is 3150. The van der Waals surface area contributed by atoms with Crippen molar-refractivity contribution in [2.75, 3.05) is 39.3 Å². The average Bonchev–Trinajstić information content (AvgIpc) is 4.14. The van der Waals surface area contributed by atoms with Gasteiger partial charge in [-0.25, -0.2) is 13.6 Å². The molecule has 0 radical (unpaired) electrons. The van der Waals surface area contributed by atoms with Crippen LogP contribution in [0.15, 0.2) is 83.1 Å². The number of oxime groups is 2. The number of carboxylic acid groups (broad SMARTS) is 1. The van der Waals surface area contributed by atoms with Gasteiger partial charge in [-0.15, -0.1) is 22.7 Å². The molecule has 21 heteroatoms. The highest BCUT2D eigenvalue weighted by molar-refractivity contribution is 7.23. The quantitative estimate of drug-likeness (QED) is 0.0653. The number of benzene rings is 4. The molecule has 4 atom stereocenters. The third-order valence-electron chi connectivity index (χ3n) is 13.8. The molecule has 2 aromatic heterocycles. The summed E-state index contributed by atoms with van der Waals surface area (Å²) in [4.78, 5) is 39.4. The smallest absolute Gasteiger partial charge is 0.358 e. The van der Waals surface area contributed by atoms with Gasteiger partial charge in [0.15, 0.2) is 34.6 Å². The molecule has 0 spiro atoms. The molecule has 398 valence electrons. The zero-order valence-corrected chi connectivity index (χ0v) is 43.8. The van der Waals surface area contributed by atoms with Crippen LogP contribution in [0.1, 0.15) is 98.4 Å². The van der Waals surface area contributed by atoms with Crippen LogP contribution in [0.2, 0.25) is 8.67 Å². The number of aliphatic carboxylic acids is 1. The third-order valence-corrected chi connectivity index (χ3v) is 16.5. The van der Waals surface area contributed by atoms with Gasteiger partial charge in [0.2, 0.25) is 0 Å². The Labute approximate surface area is 450 Å². The lowest BCUT2D eigenvalue weighted by atomic mass is 9.98. The highest BCUT2D eigenvalue weighted by atomic mass is 35.5. The summed E-state index contributed by atoms with van der Waals surface area (Å²) in [7, 11) is 0. The first-order valence-corrected chi connectivity index (χ1v) is 27.5. The fraction of sp³-hybridized carbons (Fsp3) is 0.407. The Kier molecular flexibility index (Phi) is 16.5. The molecule has 12 rings (SSSR count). The molecule has 2 aliphatic carbocycles. The van der Waals surface area contributed by atoms with Crippen molar-refractivity contribution >= 4 is 89.3 Å². The van der Waals surface area contributed by atoms with Crippen LogP contribution in [0.4, 0.5) is 8.78 Å². The third kappa shape index (κ3) is 12.7. The lowest BCUT2D eigenvalue weighted by Gasteiger charge is -2.29. The van der Waals surface area contributed by atoms with E-state index in [1.807, 2.05) is 30.3 Å². The van der Waals surface area contributed by atoms with Crippen LogP contribution in [0.5, 0.6) is 11.5 Å². The standard InChI is InChI=1S/C27H27ClFN3O4S.C16H23FN2O2.C11H6ClNO3S.H2/c28-23-12-16-3-7-18-19(26(16)37-23)14-35-31-24(18)27(34)30-21(13-32-9-1-2-10-32)25(33)15-4-8-22(20(29)11-15)36-17-5-6-17;17-13-9-11(3-6-15(13)21-12-4-5-12)16(20)14(18)10-19-7-1-2-8-19;12-8-3-5-1-2-6-7(10(5)17-8)4-16-13-9(6)11(14)15;/h3-4,7-8,11-12,17,21,25,33H,1-2,5-6,9-10,13-14H2,(H,30,34);3,6,9,12,14,16,20H,1-2,4-5,7-8,10,18H2;1-3H,4H2,(H,14,15);1H/t21-,25-;14-,16-;;/m11../s1/i;;;1+1. The Morgan fingerprint density at radius 1 is 0.707 bits per heavy atom. The van der Waals surface area contributed by atoms with Gasteiger partial charge in [-0.1, -0.05) is 69.9 Å². The van der Waals surface area contributed by atoms with E-state index in [-0.39, 0.29) is 49.8 Å². The number of aliphatic hydroxyl groups is 2. The second-order valence-corrected chi connectivity index (χ2v) is 22.9. The summed E-state index contributed by atoms with van der Waals surface area (Å²) in [6, 6.07) is 19.1. The predicted molar refractivity (Wildman–Crippen MR) is 287 cm³/mol. The van der Waals surface area contributed by atoms with Crippen molar-refractivity contribution in [2.45, 2.75) is 101 Å². The van der Waals surface area contributed by atoms with Gasteiger partial charge < -0.3 is 55.3 Å². The van der Waals surface area contributed by atoms with E-state index < -0.39 is 47.8 Å². The molecule has 15 nitrogen and oxygen atoms in total. The second-order valence-electron chi connectivity index (χ2n) is 19.5. The molecule has 6 N–H and O–H groups in total. The van der Waals surface area contributed by atoms with Gasteiger partial charge in [-0.2, -0.15) is 0 Å². The second kappa shape index (κ2) is 23.4. The first-order valence-electron chi connectivity index (χ1n) is 25.1. The fourth-order valence-electron chi connectivity index (χ4n) is 9.60. The minimum absolute atomic E-state index is 0. The van der Waals surface area contributed by atoms with Gasteiger partial charge in [0.1, 0.15) is 19.3 Å². The van der Waals surface area contributed by atoms with Crippen molar-refractivity contribution in [3.63, 3.8) is 0 Å². The summed E-state index contributed by atoms with van der Waals surface area (Å²) >= 11 is 15.0. The van der Waals surface area contributed by atoms with Crippen LogP contribution in [0.25, 0.3) is 20.2 Å². The molecule has 0 bridgehead atoms. The predicted octanol–water partition coefficient (Wildman–Crippen LogP) is 9.73. The van der Waals surface area contributed by atoms with Crippen LogP contribution in [0.3, 0.4) is 0 Å². The van der Waals surface area contributed by atoms with Crippen molar-refractivity contribution in [1.29, 1.82) is 0 Å². The van der Waals surface area contributed by atoms with E-state index >= 15 is 0 Å². The number of nitrogens with zero attached hydrogens (tertiary/aromatic N) is 4. The molecular formula is C54H58Cl2F2N6O9S2. The number of aliphatic hydroxyl groups excluding tert-OH is 2. The summed E-state index contributed by atoms with van der Waals surface area (Å²) in [6.45, 7) is 5.41. The molecule has 4 aromatic carbocycles. The molecule has 4 fully saturated rings. The van der Waals surface area contributed by atoms with E-state index in [1.165, 1.54) is 47.6 Å². The van der Waals surface area contributed by atoms with Crippen LogP contribution >= 0.6 is 45.9 Å². The van der Waals surface area contributed by atoms with Gasteiger partial charge in [-0.05, 0) is 136 Å². The van der Waals surface area contributed by atoms with Crippen LogP contribution in [-0.2, 0) is 32.5 Å². The molecule has 1 amide bonds. The Morgan fingerprint density at radius 2 is 1.17 bits per heavy atom. The maximum atomic E-state index is 14.7. The van der Waals surface area contributed by atoms with E-state index in [0.29, 0.717) is 44.0 Å². The van der Waals surface area contributed by atoms with E-state index in [2.05, 4.69) is 25.4 Å². The zero-order chi connectivity index (χ0) is 52.3. The lowest BCUT2D eigenvalue weighted by Crippen LogP contribution is -2.49. The summed E-state index contributed by atoms with van der Waals surface area (Å²) in [6.07, 6.45) is 6.58. The Hall–Kier alpha value is -5.48. The summed E-state index contributed by atoms with van der Waals surface area (Å²) in [5.74, 6) is -2.04. The number of carbonyl (C=O) groups excluding carboxylic acids is 1. The van der Waals surface area contributed by atoms with E-state index in [1.54, 1.807) is 30.3 Å². The number of nitrogens with two attached hydrogens (primary N) is 1. The van der Waals surface area contributed by atoms with Crippen LogP contribution in [-0.4, -0.2) is 112 Å². The lowest BCUT2D eigenvalue weighted by molar-refractivity contribution is -0.129. The molecule has 6 aromatic rings. The number of likely N-dealkylation sites (tertiary alicyclic amines) is 2. The van der Waals surface area contributed by atoms with E-state index in [9.17, 15) is 28.6 Å². The summed E-state index contributed by atoms with van der Waals surface area (Å²) in [5, 5.41) is 43.2. The maximum absolute atomic E-state index is 14.7. The number of rotatable bonds is 15. The minimum Gasteiger partial charge on any atom is -0.487 e. The normalized spacial score (nSPS) is 18.9. The van der Waals surface area contributed by atoms with Crippen molar-refractivity contribution in [3.05, 3.63) is 126 Å². The Morgan fingerprint density at radius 3 is 1.65 bits per heavy atom. The monoisotopic (exact) mass is 1110 g/mol. The van der Waals surface area contributed by atoms with E-state index in [4.69, 9.17) is 53.2 Å². The highest BCUT2D eigenvalue weighted by Crippen LogP contribution is 2.38. The number of fused-ring (bicyclic) bond motifs is 6. The number of hydrogen-bond donors (Lipinski definition) is 5. The first-order chi connectivity index (χ1) is 36.3. The molecule has 6 heterocycles. The Balaban J connectivity index is 0.000000153. The van der Waals surface area contributed by atoms with Crippen molar-refractivity contribution in [2.24, 2.45) is 16.0 Å². The molecule has 0 unspecified atom stereocenters. The van der Waals surface area contributed by atoms with Gasteiger partial charge in [0.25, 0.3) is 5.91 Å². The maximum Gasteiger partial charge on any atom is 0.358 e. The number of thiophene rings is 2. The van der Waals surface area contributed by atoms with Gasteiger partial charge in [0, 0.05) is 52.2 Å². The van der Waals surface area contributed by atoms with Gasteiger partial charge in [-0.3, -0.25) is 4.79 Å². The van der Waals surface area contributed by atoms with Crippen molar-refractivity contribution < 1.29 is 54.3 Å². The fourth-order valence-corrected chi connectivity index (χ4v) is 12.1. The molecule has 2 saturated heterocycles. The van der Waals surface area contributed by atoms with Crippen LogP contribution in [0, 0.1) is 11.6 Å². The molecule has 4 aliphatic heterocycles. The number of halogens is 4. The van der Waals surface area contributed by atoms with Gasteiger partial charge in [0.05, 0.1) is 33.0 Å². The largest absolute Gasteiger partial charge is 0.487 e. The number of amides is 1. The van der Waals surface area contributed by atoms with Crippen molar-refractivity contribution in [3.8, 4) is 11.5 Å². The number of ether oxygens (including phenoxy) is 2. The number of hydrogen-bond acceptors (Lipinski definition) is 15. The topological polar surface area (TPSA) is 201 Å². The summed E-state index contributed by atoms with van der Waals surface area (Å²) < 4.78 is 43.0. The van der Waals surface area contributed by atoms with Gasteiger partial charge >= 0.3 is 5.97 Å². The SMILES string of the molecule is N[C@H](CN1CCCC1)[C@H](O)c1ccc(OC2CC2)c(F)c1.O=C(N[C@H](CN1CCCC1)[C@H](O)c1ccc(OC2CC2)c(F)c1)C1=NOCc2c1ccc1cc(Cl)sc21.O=C(O)C1=NOCc2c1ccc1cc(Cl)sc21.[2HH]. The average molecular weight is 1110 g/mol. The molecular weight excluding hydrogens is 1050 g/mol. The number of carbonyl (C=O) groups is 2. The van der Waals surface area contributed by atoms with Crippen LogP contribution < -0.4 is 20.5 Å². The molecule has 2 saturated carbocycles. The summed E-state index contributed by atoms with van der Waals surface area (Å²) in [5.41, 5.74) is 10.0. The minimum atomic E-state index is -1.13. The molecule has 6 aliphatic rings. The first kappa shape index (κ1) is 52.9. The number of nitrogens with one attached hydrogen (secondary N) is 1. The number of carboxylic acids is 1. The van der Waals surface area contributed by atoms with E-state index in [0.717, 1.165) is 96.0 Å². The molecule has 75 heavy (non-hydrogen) atoms.